The lowest BCUT2D eigenvalue weighted by molar-refractivity contribution is -0.170. The van der Waals surface area contributed by atoms with E-state index in [4.69, 9.17) is 18.9 Å². The number of ether oxygens (including phenoxy) is 4. The second kappa shape index (κ2) is 38.1. The molecule has 0 aliphatic heterocycles. The lowest BCUT2D eigenvalue weighted by Crippen LogP contribution is -2.36. The minimum Gasteiger partial charge on any atom is -0.465 e. The Morgan fingerprint density at radius 2 is 0.898 bits per heavy atom. The Kier molecular flexibility index (Phi) is 37.1. The highest BCUT2D eigenvalue weighted by molar-refractivity contribution is 5.75. The Labute approximate surface area is 303 Å². The molecule has 1 N–H and O–H groups in total. The molecule has 292 valence electrons. The average Bonchev–Trinajstić information content (AvgIpc) is 3.10. The number of hydrogen-bond donors (Lipinski definition) is 1. The lowest BCUT2D eigenvalue weighted by Gasteiger charge is -2.25. The van der Waals surface area contributed by atoms with E-state index in [0.717, 1.165) is 44.9 Å². The van der Waals surface area contributed by atoms with Gasteiger partial charge >= 0.3 is 11.9 Å². The molecular weight excluding hydrogens is 616 g/mol. The Balaban J connectivity index is 4.84. The monoisotopic (exact) mass is 699 g/mol. The van der Waals surface area contributed by atoms with Gasteiger partial charge in [-0.2, -0.15) is 0 Å². The van der Waals surface area contributed by atoms with Crippen molar-refractivity contribution in [1.29, 1.82) is 0 Å². The van der Waals surface area contributed by atoms with E-state index >= 15 is 0 Å². The summed E-state index contributed by atoms with van der Waals surface area (Å²) in [5, 5.41) is 10.1. The number of carbonyl (C=O) groups excluding carboxylic acids is 2. The van der Waals surface area contributed by atoms with E-state index in [1.165, 1.54) is 116 Å². The molecule has 0 aromatic heterocycles. The molecule has 0 rings (SSSR count). The molecule has 0 saturated heterocycles. The molecule has 0 aliphatic rings. The number of aliphatic hydroxyl groups is 1. The van der Waals surface area contributed by atoms with Crippen LogP contribution >= 0.6 is 0 Å². The topological polar surface area (TPSA) is 91.3 Å². The molecule has 0 saturated carbocycles. The summed E-state index contributed by atoms with van der Waals surface area (Å²) in [5.41, 5.74) is 0. The number of rotatable bonds is 39. The van der Waals surface area contributed by atoms with Gasteiger partial charge in [0.15, 0.2) is 6.29 Å². The highest BCUT2D eigenvalue weighted by Crippen LogP contribution is 2.21. The van der Waals surface area contributed by atoms with Gasteiger partial charge in [0.05, 0.1) is 19.6 Å². The predicted molar refractivity (Wildman–Crippen MR) is 204 cm³/mol. The van der Waals surface area contributed by atoms with Crippen LogP contribution in [0.25, 0.3) is 0 Å². The summed E-state index contributed by atoms with van der Waals surface area (Å²) in [5.74, 6) is -1.73. The second-order valence-electron chi connectivity index (χ2n) is 14.3. The molecular formula is C42H82O7. The van der Waals surface area contributed by atoms with Crippen molar-refractivity contribution in [2.45, 2.75) is 226 Å². The Hall–Kier alpha value is -1.18. The third-order valence-electron chi connectivity index (χ3n) is 9.46. The van der Waals surface area contributed by atoms with Gasteiger partial charge < -0.3 is 24.1 Å². The van der Waals surface area contributed by atoms with Crippen LogP contribution in [0.4, 0.5) is 0 Å². The summed E-state index contributed by atoms with van der Waals surface area (Å²) in [4.78, 5) is 25.9. The maximum Gasteiger partial charge on any atom is 0.315 e. The number of carbonyl (C=O) groups is 2. The lowest BCUT2D eigenvalue weighted by atomic mass is 9.97. The number of hydrogen-bond acceptors (Lipinski definition) is 7. The molecule has 0 aromatic rings. The van der Waals surface area contributed by atoms with E-state index in [0.29, 0.717) is 39.1 Å². The first kappa shape index (κ1) is 47.8. The van der Waals surface area contributed by atoms with E-state index in [1.807, 2.05) is 6.92 Å². The van der Waals surface area contributed by atoms with Gasteiger partial charge in [-0.05, 0) is 32.1 Å². The first-order valence-electron chi connectivity index (χ1n) is 21.2. The minimum absolute atomic E-state index is 0.148. The SMILES string of the molecule is CCCCCCCCCCCCCCCC(OC(=O)CCC(OCCCCCCCC)OCCCCCCCC)C(CO)C(=O)OCCC. The van der Waals surface area contributed by atoms with Gasteiger partial charge in [-0.3, -0.25) is 9.59 Å². The fourth-order valence-corrected chi connectivity index (χ4v) is 6.23. The fraction of sp³-hybridized carbons (Fsp3) is 0.952. The zero-order valence-electron chi connectivity index (χ0n) is 33.0. The van der Waals surface area contributed by atoms with Crippen molar-refractivity contribution in [2.24, 2.45) is 5.92 Å². The highest BCUT2D eigenvalue weighted by Gasteiger charge is 2.32. The quantitative estimate of drug-likeness (QED) is 0.0388. The van der Waals surface area contributed by atoms with Crippen molar-refractivity contribution in [3.63, 3.8) is 0 Å². The molecule has 0 spiro atoms. The molecule has 2 unspecified atom stereocenters. The van der Waals surface area contributed by atoms with E-state index < -0.39 is 30.9 Å². The van der Waals surface area contributed by atoms with E-state index in [2.05, 4.69) is 20.8 Å². The summed E-state index contributed by atoms with van der Waals surface area (Å²) in [6, 6.07) is 0. The van der Waals surface area contributed by atoms with Gasteiger partial charge in [0.2, 0.25) is 0 Å². The van der Waals surface area contributed by atoms with E-state index in [-0.39, 0.29) is 12.4 Å². The van der Waals surface area contributed by atoms with Gasteiger partial charge in [-0.25, -0.2) is 0 Å². The Morgan fingerprint density at radius 3 is 1.31 bits per heavy atom. The van der Waals surface area contributed by atoms with E-state index in [9.17, 15) is 14.7 Å². The molecule has 0 amide bonds. The fourth-order valence-electron chi connectivity index (χ4n) is 6.23. The minimum atomic E-state index is -0.864. The summed E-state index contributed by atoms with van der Waals surface area (Å²) in [7, 11) is 0. The summed E-state index contributed by atoms with van der Waals surface area (Å²) in [6.07, 6.45) is 31.2. The molecule has 0 radical (unpaired) electrons. The van der Waals surface area contributed by atoms with Crippen molar-refractivity contribution in [3.8, 4) is 0 Å². The first-order chi connectivity index (χ1) is 24.0. The summed E-state index contributed by atoms with van der Waals surface area (Å²) < 4.78 is 23.5. The molecule has 49 heavy (non-hydrogen) atoms. The normalized spacial score (nSPS) is 12.8. The van der Waals surface area contributed by atoms with Crippen LogP contribution in [-0.4, -0.2) is 55.9 Å². The second-order valence-corrected chi connectivity index (χ2v) is 14.3. The number of aliphatic hydroxyl groups excluding tert-OH is 1. The van der Waals surface area contributed by atoms with Gasteiger partial charge in [0.1, 0.15) is 12.0 Å². The summed E-state index contributed by atoms with van der Waals surface area (Å²) in [6.45, 7) is 9.80. The van der Waals surface area contributed by atoms with Crippen LogP contribution < -0.4 is 0 Å². The Bertz CT molecular complexity index is 683. The van der Waals surface area contributed by atoms with Gasteiger partial charge in [0.25, 0.3) is 0 Å². The maximum atomic E-state index is 13.1. The van der Waals surface area contributed by atoms with Gasteiger partial charge in [0, 0.05) is 19.6 Å². The average molecular weight is 699 g/mol. The molecule has 7 heteroatoms. The van der Waals surface area contributed by atoms with Crippen molar-refractivity contribution in [2.75, 3.05) is 26.4 Å². The molecule has 2 atom stereocenters. The molecule has 7 nitrogen and oxygen atoms in total. The molecule has 0 heterocycles. The van der Waals surface area contributed by atoms with Crippen molar-refractivity contribution in [3.05, 3.63) is 0 Å². The number of unbranched alkanes of at least 4 members (excludes halogenated alkanes) is 22. The summed E-state index contributed by atoms with van der Waals surface area (Å²) >= 11 is 0. The third kappa shape index (κ3) is 31.3. The van der Waals surface area contributed by atoms with Crippen molar-refractivity contribution in [1.82, 2.24) is 0 Å². The molecule has 0 aromatic carbocycles. The highest BCUT2D eigenvalue weighted by atomic mass is 16.7. The predicted octanol–water partition coefficient (Wildman–Crippen LogP) is 11.8. The van der Waals surface area contributed by atoms with Gasteiger partial charge in [-0.1, -0.05) is 169 Å². The van der Waals surface area contributed by atoms with E-state index in [1.54, 1.807) is 0 Å². The van der Waals surface area contributed by atoms with Crippen LogP contribution in [0.15, 0.2) is 0 Å². The van der Waals surface area contributed by atoms with Crippen LogP contribution in [0.3, 0.4) is 0 Å². The van der Waals surface area contributed by atoms with Crippen LogP contribution in [0, 0.1) is 5.92 Å². The maximum absolute atomic E-state index is 13.1. The molecule has 0 bridgehead atoms. The van der Waals surface area contributed by atoms with Crippen LogP contribution in [0.2, 0.25) is 0 Å². The Morgan fingerprint density at radius 1 is 0.490 bits per heavy atom. The van der Waals surface area contributed by atoms with Gasteiger partial charge in [-0.15, -0.1) is 0 Å². The van der Waals surface area contributed by atoms with Crippen LogP contribution in [0.5, 0.6) is 0 Å². The van der Waals surface area contributed by atoms with Crippen molar-refractivity contribution >= 4 is 11.9 Å². The smallest absolute Gasteiger partial charge is 0.315 e. The van der Waals surface area contributed by atoms with Crippen molar-refractivity contribution < 1.29 is 33.6 Å². The molecule has 0 fully saturated rings. The van der Waals surface area contributed by atoms with Crippen LogP contribution in [-0.2, 0) is 28.5 Å². The zero-order chi connectivity index (χ0) is 36.0. The first-order valence-corrected chi connectivity index (χ1v) is 21.2. The number of esters is 2. The zero-order valence-corrected chi connectivity index (χ0v) is 33.0. The largest absolute Gasteiger partial charge is 0.465 e. The molecule has 0 aliphatic carbocycles. The van der Waals surface area contributed by atoms with Crippen LogP contribution in [0.1, 0.15) is 214 Å². The standard InChI is InChI=1S/C42H82O7/c1-5-9-12-15-18-19-20-21-22-23-24-25-28-31-39(38(37-43)42(45)48-34-8-4)49-40(44)32-33-41(46-35-29-26-16-13-10-6-2)47-36-30-27-17-14-11-7-3/h38-39,41,43H,5-37H2,1-4H3. The third-order valence-corrected chi connectivity index (χ3v) is 9.46.